The van der Waals surface area contributed by atoms with Gasteiger partial charge in [-0.25, -0.2) is 9.18 Å². The van der Waals surface area contributed by atoms with E-state index < -0.39 is 0 Å². The molecule has 2 aliphatic heterocycles. The first kappa shape index (κ1) is 18.0. The molecular weight excluding hydrogens is 343 g/mol. The third kappa shape index (κ3) is 3.98. The molecule has 0 aliphatic carbocycles. The Morgan fingerprint density at radius 1 is 1.19 bits per heavy atom. The van der Waals surface area contributed by atoms with Crippen molar-refractivity contribution in [3.63, 3.8) is 0 Å². The van der Waals surface area contributed by atoms with Crippen LogP contribution in [0.15, 0.2) is 42.5 Å². The van der Waals surface area contributed by atoms with Crippen molar-refractivity contribution in [2.24, 2.45) is 0 Å². The zero-order chi connectivity index (χ0) is 18.8. The van der Waals surface area contributed by atoms with Crippen molar-refractivity contribution in [1.82, 2.24) is 10.2 Å². The van der Waals surface area contributed by atoms with E-state index in [1.165, 1.54) is 12.8 Å². The van der Waals surface area contributed by atoms with Gasteiger partial charge < -0.3 is 15.0 Å². The smallest absolute Gasteiger partial charge is 0.407 e. The maximum atomic E-state index is 14.6. The van der Waals surface area contributed by atoms with Crippen LogP contribution in [0.25, 0.3) is 11.1 Å². The molecule has 0 saturated carbocycles. The summed E-state index contributed by atoms with van der Waals surface area (Å²) in [6.07, 6.45) is 2.85. The van der Waals surface area contributed by atoms with Crippen LogP contribution in [0.5, 0.6) is 0 Å². The van der Waals surface area contributed by atoms with Crippen LogP contribution < -0.4 is 5.32 Å². The van der Waals surface area contributed by atoms with Crippen LogP contribution in [-0.4, -0.2) is 36.7 Å². The molecule has 142 valence electrons. The summed E-state index contributed by atoms with van der Waals surface area (Å²) in [4.78, 5) is 13.6. The van der Waals surface area contributed by atoms with Gasteiger partial charge in [-0.2, -0.15) is 0 Å². The van der Waals surface area contributed by atoms with Crippen LogP contribution in [0, 0.1) is 5.82 Å². The van der Waals surface area contributed by atoms with Crippen LogP contribution >= 0.6 is 0 Å². The van der Waals surface area contributed by atoms with Gasteiger partial charge in [0.05, 0.1) is 6.04 Å². The number of rotatable bonds is 5. The van der Waals surface area contributed by atoms with Gasteiger partial charge in [0.15, 0.2) is 0 Å². The lowest BCUT2D eigenvalue weighted by atomic mass is 9.99. The van der Waals surface area contributed by atoms with Gasteiger partial charge in [-0.1, -0.05) is 36.4 Å². The van der Waals surface area contributed by atoms with Gasteiger partial charge in [0, 0.05) is 12.6 Å². The molecule has 2 atom stereocenters. The Balaban J connectivity index is 1.43. The molecule has 2 fully saturated rings. The maximum absolute atomic E-state index is 14.6. The van der Waals surface area contributed by atoms with Crippen molar-refractivity contribution >= 4 is 6.09 Å². The zero-order valence-electron chi connectivity index (χ0n) is 15.6. The lowest BCUT2D eigenvalue weighted by Crippen LogP contribution is -2.29. The molecule has 4 rings (SSSR count). The highest BCUT2D eigenvalue weighted by Crippen LogP contribution is 2.26. The van der Waals surface area contributed by atoms with E-state index in [0.29, 0.717) is 12.6 Å². The summed E-state index contributed by atoms with van der Waals surface area (Å²) in [5.41, 5.74) is 3.59. The van der Waals surface area contributed by atoms with Gasteiger partial charge in [-0.15, -0.1) is 0 Å². The van der Waals surface area contributed by atoms with E-state index in [-0.39, 0.29) is 18.0 Å². The Kier molecular flexibility index (Phi) is 5.12. The monoisotopic (exact) mass is 368 g/mol. The summed E-state index contributed by atoms with van der Waals surface area (Å²) in [5, 5.41) is 2.76. The molecule has 0 aromatic heterocycles. The molecular formula is C22H25FN2O2. The van der Waals surface area contributed by atoms with Gasteiger partial charge >= 0.3 is 6.09 Å². The molecule has 0 unspecified atom stereocenters. The second-order valence-electron chi connectivity index (χ2n) is 7.50. The molecule has 1 N–H and O–H groups in total. The lowest BCUT2D eigenvalue weighted by molar-refractivity contribution is 0.177. The first-order chi connectivity index (χ1) is 13.1. The normalized spacial score (nSPS) is 22.7. The Morgan fingerprint density at radius 2 is 1.96 bits per heavy atom. The minimum Gasteiger partial charge on any atom is -0.447 e. The van der Waals surface area contributed by atoms with Crippen molar-refractivity contribution in [2.75, 3.05) is 19.7 Å². The van der Waals surface area contributed by atoms with E-state index in [2.05, 4.69) is 17.1 Å². The molecule has 0 spiro atoms. The second-order valence-corrected chi connectivity index (χ2v) is 7.50. The highest BCUT2D eigenvalue weighted by Gasteiger charge is 2.23. The fourth-order valence-corrected chi connectivity index (χ4v) is 3.99. The maximum Gasteiger partial charge on any atom is 0.407 e. The number of likely N-dealkylation sites (tertiary alicyclic amines) is 1. The number of cyclic esters (lactones) is 1. The number of nitrogens with one attached hydrogen (secondary N) is 1. The molecule has 2 saturated heterocycles. The largest absolute Gasteiger partial charge is 0.447 e. The Bertz CT molecular complexity index is 822. The quantitative estimate of drug-likeness (QED) is 0.855. The number of carbonyl (C=O) groups is 1. The summed E-state index contributed by atoms with van der Waals surface area (Å²) in [6, 6.07) is 13.8. The van der Waals surface area contributed by atoms with Crippen LogP contribution in [0.3, 0.4) is 0 Å². The Morgan fingerprint density at radius 3 is 2.59 bits per heavy atom. The number of benzene rings is 2. The molecule has 2 aliphatic rings. The summed E-state index contributed by atoms with van der Waals surface area (Å²) in [6.45, 7) is 4.64. The molecule has 2 heterocycles. The average Bonchev–Trinajstić information content (AvgIpc) is 3.29. The standard InChI is InChI=1S/C22H25FN2O2/c1-15-3-2-11-25(15)12-10-17-6-9-19(13-20(17)23)16-4-7-18(8-5-16)21-14-27-22(26)24-21/h4-9,13,15,21H,2-3,10-12,14H2,1H3,(H,24,26)/t15-,21-/m1/s1. The van der Waals surface area contributed by atoms with E-state index in [1.807, 2.05) is 36.4 Å². The fourth-order valence-electron chi connectivity index (χ4n) is 3.99. The minimum absolute atomic E-state index is 0.112. The fraction of sp³-hybridized carbons (Fsp3) is 0.409. The zero-order valence-corrected chi connectivity index (χ0v) is 15.6. The highest BCUT2D eigenvalue weighted by atomic mass is 19.1. The Hall–Kier alpha value is -2.40. The van der Waals surface area contributed by atoms with Crippen molar-refractivity contribution in [3.05, 3.63) is 59.4 Å². The van der Waals surface area contributed by atoms with E-state index in [0.717, 1.165) is 41.8 Å². The minimum atomic E-state index is -0.384. The molecule has 27 heavy (non-hydrogen) atoms. The average molecular weight is 368 g/mol. The topological polar surface area (TPSA) is 41.6 Å². The number of hydrogen-bond donors (Lipinski definition) is 1. The van der Waals surface area contributed by atoms with E-state index >= 15 is 0 Å². The van der Waals surface area contributed by atoms with Gasteiger partial charge in [-0.3, -0.25) is 0 Å². The predicted octanol–water partition coefficient (Wildman–Crippen LogP) is 4.30. The van der Waals surface area contributed by atoms with E-state index in [9.17, 15) is 9.18 Å². The Labute approximate surface area is 159 Å². The van der Waals surface area contributed by atoms with Crippen molar-refractivity contribution in [2.45, 2.75) is 38.3 Å². The predicted molar refractivity (Wildman–Crippen MR) is 103 cm³/mol. The van der Waals surface area contributed by atoms with E-state index in [4.69, 9.17) is 4.74 Å². The summed E-state index contributed by atoms with van der Waals surface area (Å²) < 4.78 is 19.5. The number of amides is 1. The third-order valence-corrected chi connectivity index (χ3v) is 5.73. The first-order valence-corrected chi connectivity index (χ1v) is 9.66. The number of halogens is 1. The van der Waals surface area contributed by atoms with Gasteiger partial charge in [-0.05, 0) is 61.1 Å². The molecule has 4 nitrogen and oxygen atoms in total. The van der Waals surface area contributed by atoms with Crippen molar-refractivity contribution < 1.29 is 13.9 Å². The number of carbonyl (C=O) groups excluding carboxylic acids is 1. The molecule has 0 bridgehead atoms. The molecule has 5 heteroatoms. The SMILES string of the molecule is C[C@@H]1CCCN1CCc1ccc(-c2ccc([C@H]3COC(=O)N3)cc2)cc1F. The molecule has 2 aromatic carbocycles. The van der Waals surface area contributed by atoms with E-state index in [1.54, 1.807) is 6.07 Å². The van der Waals surface area contributed by atoms with Crippen LogP contribution in [-0.2, 0) is 11.2 Å². The summed E-state index contributed by atoms with van der Waals surface area (Å²) >= 11 is 0. The number of hydrogen-bond acceptors (Lipinski definition) is 3. The van der Waals surface area contributed by atoms with Crippen LogP contribution in [0.2, 0.25) is 0 Å². The van der Waals surface area contributed by atoms with Crippen LogP contribution in [0.1, 0.15) is 36.9 Å². The lowest BCUT2D eigenvalue weighted by Gasteiger charge is -2.20. The van der Waals surface area contributed by atoms with Crippen molar-refractivity contribution in [1.29, 1.82) is 0 Å². The molecule has 2 aromatic rings. The summed E-state index contributed by atoms with van der Waals surface area (Å²) in [5.74, 6) is -0.139. The second kappa shape index (κ2) is 7.69. The first-order valence-electron chi connectivity index (χ1n) is 9.66. The molecule has 0 radical (unpaired) electrons. The van der Waals surface area contributed by atoms with Crippen molar-refractivity contribution in [3.8, 4) is 11.1 Å². The van der Waals surface area contributed by atoms with Gasteiger partial charge in [0.2, 0.25) is 0 Å². The van der Waals surface area contributed by atoms with Gasteiger partial charge in [0.1, 0.15) is 12.4 Å². The highest BCUT2D eigenvalue weighted by molar-refractivity contribution is 5.70. The van der Waals surface area contributed by atoms with Crippen LogP contribution in [0.4, 0.5) is 9.18 Å². The molecule has 1 amide bonds. The number of nitrogens with zero attached hydrogens (tertiary/aromatic N) is 1. The third-order valence-electron chi connectivity index (χ3n) is 5.73. The number of ether oxygens (including phenoxy) is 1. The number of alkyl carbamates (subject to hydrolysis) is 1. The summed E-state index contributed by atoms with van der Waals surface area (Å²) in [7, 11) is 0. The van der Waals surface area contributed by atoms with Gasteiger partial charge in [0.25, 0.3) is 0 Å².